The topological polar surface area (TPSA) is 245 Å². The minimum absolute atomic E-state index is 0.0654. The van der Waals surface area contributed by atoms with E-state index in [-0.39, 0.29) is 17.8 Å². The summed E-state index contributed by atoms with van der Waals surface area (Å²) in [6.45, 7) is 3.09. The molecular weight excluding hydrogens is 538 g/mol. The summed E-state index contributed by atoms with van der Waals surface area (Å²) in [5.41, 5.74) is 0.565. The quantitative estimate of drug-likeness (QED) is 0.0841. The van der Waals surface area contributed by atoms with Gasteiger partial charge in [-0.05, 0) is 44.0 Å². The largest absolute Gasteiger partial charge is 0.481 e. The Hall–Kier alpha value is -2.36. The van der Waals surface area contributed by atoms with E-state index in [0.717, 1.165) is 11.1 Å². The van der Waals surface area contributed by atoms with Gasteiger partial charge in [-0.1, -0.05) is 0 Å². The molecule has 2 unspecified atom stereocenters. The van der Waals surface area contributed by atoms with Gasteiger partial charge in [0.1, 0.15) is 30.4 Å². The molecule has 0 bridgehead atoms. The van der Waals surface area contributed by atoms with E-state index < -0.39 is 58.4 Å². The highest BCUT2D eigenvalue weighted by atomic mass is 31.3. The molecule has 0 spiro atoms. The number of hydrogen-bond acceptors (Lipinski definition) is 11. The molecule has 0 aliphatic rings. The summed E-state index contributed by atoms with van der Waals surface area (Å²) in [7, 11) is -10.1. The summed E-state index contributed by atoms with van der Waals surface area (Å²) in [5, 5.41) is 31.3. The third-order valence-electron chi connectivity index (χ3n) is 5.35. The second kappa shape index (κ2) is 11.2. The smallest absolute Gasteiger partial charge is 0.388 e. The lowest BCUT2D eigenvalue weighted by atomic mass is 10.1. The average Bonchev–Trinajstić information content (AvgIpc) is 2.78. The molecular formula is C19H27N4O12P2+. The molecule has 0 saturated carbocycles. The fourth-order valence-corrected chi connectivity index (χ4v) is 5.54. The van der Waals surface area contributed by atoms with Gasteiger partial charge in [-0.25, -0.2) is 23.5 Å². The fourth-order valence-electron chi connectivity index (χ4n) is 3.45. The van der Waals surface area contributed by atoms with Gasteiger partial charge < -0.3 is 25.1 Å². The number of nitrogens with one attached hydrogen (secondary N) is 2. The van der Waals surface area contributed by atoms with E-state index in [0.29, 0.717) is 11.0 Å². The van der Waals surface area contributed by atoms with E-state index in [2.05, 4.69) is 28.3 Å². The molecule has 0 radical (unpaired) electrons. The van der Waals surface area contributed by atoms with Crippen LogP contribution in [0.5, 0.6) is 0 Å². The van der Waals surface area contributed by atoms with Gasteiger partial charge >= 0.3 is 27.0 Å². The standard InChI is InChI=1S/C19H26N4O12P2/c1-4-33-36(29,30)35-37(31,32)34-8-14(25)16(26)13(24)7-23-12-6-10(3)9(2)5-11(12)20-15-17(23)21-19(28)22-18(15)27/h5-6,13-14,16,24-26H,4,7-8H2,1-3H3,(H3,22,27,28,29,30,31,32)/p+1/t13-,14+,16-/m0/s1. The molecule has 0 saturated heterocycles. The average molecular weight is 565 g/mol. The number of benzene rings is 1. The molecule has 16 nitrogen and oxygen atoms in total. The first kappa shape index (κ1) is 29.2. The molecule has 2 aromatic heterocycles. The molecule has 0 fully saturated rings. The van der Waals surface area contributed by atoms with Crippen LogP contribution in [0.3, 0.4) is 0 Å². The summed E-state index contributed by atoms with van der Waals surface area (Å²) >= 11 is 0. The van der Waals surface area contributed by atoms with E-state index in [1.54, 1.807) is 12.1 Å². The van der Waals surface area contributed by atoms with Crippen LogP contribution in [0.4, 0.5) is 0 Å². The van der Waals surface area contributed by atoms with E-state index in [1.165, 1.54) is 11.5 Å². The zero-order valence-electron chi connectivity index (χ0n) is 19.9. The van der Waals surface area contributed by atoms with Crippen LogP contribution in [-0.4, -0.2) is 71.6 Å². The van der Waals surface area contributed by atoms with Crippen molar-refractivity contribution in [2.45, 2.75) is 45.6 Å². The fraction of sp³-hybridized carbons (Fsp3) is 0.474. The van der Waals surface area contributed by atoms with Gasteiger partial charge in [-0.15, -0.1) is 0 Å². The van der Waals surface area contributed by atoms with Crippen LogP contribution in [-0.2, 0) is 29.0 Å². The SMILES string of the molecule is CCOP(=O)(O)OP(=O)(O)OC[C@@H](O)[C@@H](O)[C@@H](O)C[n+]1c2cc(C)c(C)cc2nc2c(=O)[nH]c(=O)[nH]c21. The Morgan fingerprint density at radius 3 is 2.27 bits per heavy atom. The molecule has 3 rings (SSSR count). The van der Waals surface area contributed by atoms with Crippen molar-refractivity contribution in [2.24, 2.45) is 0 Å². The van der Waals surface area contributed by atoms with E-state index in [4.69, 9.17) is 0 Å². The van der Waals surface area contributed by atoms with Crippen molar-refractivity contribution >= 4 is 37.8 Å². The predicted molar refractivity (Wildman–Crippen MR) is 126 cm³/mol. The lowest BCUT2D eigenvalue weighted by Gasteiger charge is -2.23. The van der Waals surface area contributed by atoms with Crippen LogP contribution in [0.15, 0.2) is 21.7 Å². The first-order valence-corrected chi connectivity index (χ1v) is 13.8. The van der Waals surface area contributed by atoms with Crippen molar-refractivity contribution in [3.05, 3.63) is 44.1 Å². The van der Waals surface area contributed by atoms with Gasteiger partial charge in [0.2, 0.25) is 5.52 Å². The van der Waals surface area contributed by atoms with Crippen molar-refractivity contribution in [2.75, 3.05) is 13.2 Å². The van der Waals surface area contributed by atoms with Crippen LogP contribution in [0.1, 0.15) is 18.1 Å². The number of aliphatic hydroxyl groups is 3. The first-order chi connectivity index (χ1) is 17.1. The molecule has 7 N–H and O–H groups in total. The highest BCUT2D eigenvalue weighted by Crippen LogP contribution is 2.60. The molecule has 1 aromatic carbocycles. The number of aryl methyl sites for hydroxylation is 2. The number of aromatic amines is 2. The Morgan fingerprint density at radius 2 is 1.62 bits per heavy atom. The molecule has 204 valence electrons. The number of hydrogen-bond donors (Lipinski definition) is 7. The van der Waals surface area contributed by atoms with E-state index in [1.807, 2.05) is 13.8 Å². The third kappa shape index (κ3) is 6.94. The zero-order chi connectivity index (χ0) is 27.7. The number of phosphoric ester groups is 2. The van der Waals surface area contributed by atoms with Crippen LogP contribution < -0.4 is 15.8 Å². The van der Waals surface area contributed by atoms with Crippen LogP contribution in [0, 0.1) is 13.8 Å². The second-order valence-electron chi connectivity index (χ2n) is 8.11. The Bertz CT molecular complexity index is 1520. The van der Waals surface area contributed by atoms with E-state index >= 15 is 0 Å². The predicted octanol–water partition coefficient (Wildman–Crippen LogP) is -0.978. The Labute approximate surface area is 208 Å². The summed E-state index contributed by atoms with van der Waals surface area (Å²) in [5.74, 6) is 0. The maximum Gasteiger partial charge on any atom is 0.481 e. The number of phosphoric acid groups is 2. The number of fused-ring (bicyclic) bond motifs is 2. The Kier molecular flexibility index (Phi) is 8.82. The Morgan fingerprint density at radius 1 is 1.00 bits per heavy atom. The minimum atomic E-state index is -5.20. The molecule has 5 atom stereocenters. The highest BCUT2D eigenvalue weighted by Gasteiger charge is 2.37. The van der Waals surface area contributed by atoms with Gasteiger partial charge in [0.25, 0.3) is 5.56 Å². The van der Waals surface area contributed by atoms with Crippen LogP contribution in [0.2, 0.25) is 0 Å². The normalized spacial score (nSPS) is 17.8. The number of nitrogens with zero attached hydrogens (tertiary/aromatic N) is 2. The third-order valence-corrected chi connectivity index (χ3v) is 8.06. The maximum atomic E-state index is 12.4. The van der Waals surface area contributed by atoms with Crippen molar-refractivity contribution in [1.82, 2.24) is 15.0 Å². The molecule has 18 heteroatoms. The number of rotatable bonds is 11. The van der Waals surface area contributed by atoms with Crippen LogP contribution >= 0.6 is 15.6 Å². The molecule has 0 aliphatic carbocycles. The molecule has 2 heterocycles. The van der Waals surface area contributed by atoms with Crippen molar-refractivity contribution < 1.29 is 52.2 Å². The van der Waals surface area contributed by atoms with Gasteiger partial charge in [-0.3, -0.25) is 18.8 Å². The molecule has 3 aromatic rings. The first-order valence-electron chi connectivity index (χ1n) is 10.8. The summed E-state index contributed by atoms with van der Waals surface area (Å²) in [6, 6.07) is 3.39. The lowest BCUT2D eigenvalue weighted by Crippen LogP contribution is -2.51. The second-order valence-corrected chi connectivity index (χ2v) is 11.2. The summed E-state index contributed by atoms with van der Waals surface area (Å²) in [6.07, 6.45) is -5.73. The van der Waals surface area contributed by atoms with Crippen molar-refractivity contribution in [3.8, 4) is 0 Å². The van der Waals surface area contributed by atoms with Crippen LogP contribution in [0.25, 0.3) is 22.2 Å². The summed E-state index contributed by atoms with van der Waals surface area (Å²) in [4.78, 5) is 52.0. The van der Waals surface area contributed by atoms with E-state index in [9.17, 15) is 43.8 Å². The Balaban J connectivity index is 1.88. The maximum absolute atomic E-state index is 12.4. The van der Waals surface area contributed by atoms with Gasteiger partial charge in [-0.2, -0.15) is 9.29 Å². The summed E-state index contributed by atoms with van der Waals surface area (Å²) < 4.78 is 37.5. The lowest BCUT2D eigenvalue weighted by molar-refractivity contribution is -0.657. The van der Waals surface area contributed by atoms with Gasteiger partial charge in [0, 0.05) is 0 Å². The highest BCUT2D eigenvalue weighted by molar-refractivity contribution is 7.61. The molecule has 37 heavy (non-hydrogen) atoms. The van der Waals surface area contributed by atoms with Gasteiger partial charge in [0.15, 0.2) is 5.52 Å². The van der Waals surface area contributed by atoms with Crippen molar-refractivity contribution in [3.63, 3.8) is 0 Å². The number of aliphatic hydroxyl groups excluding tert-OH is 3. The zero-order valence-corrected chi connectivity index (χ0v) is 21.7. The monoisotopic (exact) mass is 565 g/mol. The minimum Gasteiger partial charge on any atom is -0.388 e. The molecule has 0 aliphatic heterocycles. The van der Waals surface area contributed by atoms with Crippen molar-refractivity contribution in [1.29, 1.82) is 0 Å². The number of aromatic nitrogens is 4. The number of H-pyrrole nitrogens is 2. The van der Waals surface area contributed by atoms with Gasteiger partial charge in [0.05, 0.1) is 13.2 Å². The molecule has 0 amide bonds.